The van der Waals surface area contributed by atoms with E-state index in [-0.39, 0.29) is 60.7 Å². The summed E-state index contributed by atoms with van der Waals surface area (Å²) in [5.74, 6) is 0.0974. The minimum atomic E-state index is -4.84. The van der Waals surface area contributed by atoms with Gasteiger partial charge in [-0.25, -0.2) is 18.2 Å². The van der Waals surface area contributed by atoms with Crippen molar-refractivity contribution in [3.05, 3.63) is 42.4 Å². The van der Waals surface area contributed by atoms with E-state index in [2.05, 4.69) is 9.72 Å². The molecule has 2 aromatic rings. The van der Waals surface area contributed by atoms with Crippen LogP contribution in [-0.2, 0) is 28.2 Å². The molecular weight excluding hydrogens is 555 g/mol. The smallest absolute Gasteiger partial charge is 0.406 e. The number of halogens is 3. The van der Waals surface area contributed by atoms with E-state index in [1.54, 1.807) is 24.7 Å². The van der Waals surface area contributed by atoms with Gasteiger partial charge >= 0.3 is 12.5 Å². The SMILES string of the molecule is CN(CCS(C)(=O)=O)C(=O)CN1CC2C(C1)C2CN(Cc1cccc(OC(F)(F)F)c1)C(=O)Oc1cn(C)cn1. The average Bonchev–Trinajstić information content (AvgIpc) is 3.14. The number of likely N-dealkylation sites (tertiary alicyclic amines) is 1. The monoisotopic (exact) mass is 587 g/mol. The van der Waals surface area contributed by atoms with Gasteiger partial charge in [-0.05, 0) is 35.4 Å². The second-order valence-electron chi connectivity index (χ2n) is 10.5. The number of amides is 2. The summed E-state index contributed by atoms with van der Waals surface area (Å²) >= 11 is 0. The van der Waals surface area contributed by atoms with E-state index in [1.807, 2.05) is 4.90 Å². The van der Waals surface area contributed by atoms with Crippen molar-refractivity contribution in [1.29, 1.82) is 0 Å². The summed E-state index contributed by atoms with van der Waals surface area (Å²) < 4.78 is 71.9. The molecule has 1 aliphatic heterocycles. The molecule has 1 aromatic heterocycles. The lowest BCUT2D eigenvalue weighted by Crippen LogP contribution is -2.41. The van der Waals surface area contributed by atoms with Gasteiger partial charge in [0.1, 0.15) is 15.6 Å². The van der Waals surface area contributed by atoms with Gasteiger partial charge in [0.15, 0.2) is 0 Å². The molecule has 0 spiro atoms. The highest BCUT2D eigenvalue weighted by atomic mass is 32.2. The molecule has 1 saturated heterocycles. The van der Waals surface area contributed by atoms with Crippen LogP contribution in [0.2, 0.25) is 0 Å². The predicted molar refractivity (Wildman–Crippen MR) is 137 cm³/mol. The Morgan fingerprint density at radius 1 is 1.20 bits per heavy atom. The number of alkyl halides is 3. The summed E-state index contributed by atoms with van der Waals surface area (Å²) in [4.78, 5) is 34.5. The standard InChI is InChI=1S/C25H32F3N5O6S/c1-30-14-22(29-16-30)38-24(35)33(10-17-5-4-6-18(9-17)39-25(26,27)28)13-21-19-11-32(12-20(19)21)15-23(34)31(2)7-8-40(3,36)37/h4-6,9,14,16,19-21H,7-8,10-13,15H2,1-3H3. The first kappa shape index (κ1) is 29.6. The summed E-state index contributed by atoms with van der Waals surface area (Å²) in [5, 5.41) is 0. The lowest BCUT2D eigenvalue weighted by Gasteiger charge is -2.25. The Kier molecular flexibility index (Phi) is 8.63. The number of aromatic nitrogens is 2. The number of carbonyl (C=O) groups is 2. The number of rotatable bonds is 11. The normalized spacial score (nSPS) is 20.6. The van der Waals surface area contributed by atoms with Gasteiger partial charge in [-0.15, -0.1) is 13.2 Å². The predicted octanol–water partition coefficient (Wildman–Crippen LogP) is 2.00. The van der Waals surface area contributed by atoms with Crippen LogP contribution in [0.4, 0.5) is 18.0 Å². The molecule has 2 heterocycles. The molecule has 2 aliphatic rings. The van der Waals surface area contributed by atoms with Crippen molar-refractivity contribution in [2.75, 3.05) is 51.8 Å². The van der Waals surface area contributed by atoms with Crippen LogP contribution >= 0.6 is 0 Å². The number of hydrogen-bond acceptors (Lipinski definition) is 8. The third-order valence-electron chi connectivity index (χ3n) is 7.10. The Balaban J connectivity index is 1.36. The number of hydrogen-bond donors (Lipinski definition) is 0. The van der Waals surface area contributed by atoms with Gasteiger partial charge in [0.2, 0.25) is 11.8 Å². The Morgan fingerprint density at radius 3 is 2.50 bits per heavy atom. The third-order valence-corrected chi connectivity index (χ3v) is 8.02. The fourth-order valence-corrected chi connectivity index (χ4v) is 5.60. The molecule has 15 heteroatoms. The number of likely N-dealkylation sites (N-methyl/N-ethyl adjacent to an activating group) is 1. The van der Waals surface area contributed by atoms with Crippen molar-refractivity contribution in [1.82, 2.24) is 24.3 Å². The lowest BCUT2D eigenvalue weighted by atomic mass is 10.2. The van der Waals surface area contributed by atoms with Crippen LogP contribution in [0.3, 0.4) is 0 Å². The molecule has 1 saturated carbocycles. The quantitative estimate of drug-likeness (QED) is 0.392. The Bertz CT molecular complexity index is 1320. The van der Waals surface area contributed by atoms with Gasteiger partial charge in [0.05, 0.1) is 24.8 Å². The van der Waals surface area contributed by atoms with E-state index in [1.165, 1.54) is 40.5 Å². The average molecular weight is 588 g/mol. The van der Waals surface area contributed by atoms with Gasteiger partial charge in [0, 0.05) is 53.1 Å². The fourth-order valence-electron chi connectivity index (χ4n) is 4.99. The molecule has 4 rings (SSSR count). The van der Waals surface area contributed by atoms with Gasteiger partial charge in [-0.3, -0.25) is 9.69 Å². The van der Waals surface area contributed by atoms with Crippen LogP contribution in [0.15, 0.2) is 36.8 Å². The van der Waals surface area contributed by atoms with Crippen LogP contribution in [0.1, 0.15) is 5.56 Å². The van der Waals surface area contributed by atoms with Crippen molar-refractivity contribution in [3.8, 4) is 11.6 Å². The minimum absolute atomic E-state index is 0.00396. The Morgan fingerprint density at radius 2 is 1.90 bits per heavy atom. The maximum atomic E-state index is 13.1. The zero-order chi connectivity index (χ0) is 29.2. The van der Waals surface area contributed by atoms with Crippen molar-refractivity contribution in [2.45, 2.75) is 12.9 Å². The first-order valence-electron chi connectivity index (χ1n) is 12.6. The van der Waals surface area contributed by atoms with Gasteiger partial charge < -0.3 is 23.8 Å². The third kappa shape index (κ3) is 8.34. The number of piperidine rings is 1. The van der Waals surface area contributed by atoms with E-state index in [4.69, 9.17) is 4.74 Å². The second-order valence-corrected chi connectivity index (χ2v) is 12.7. The maximum Gasteiger partial charge on any atom is 0.573 e. The van der Waals surface area contributed by atoms with Crippen LogP contribution in [0.5, 0.6) is 11.6 Å². The number of carbonyl (C=O) groups excluding carboxylic acids is 2. The molecule has 0 bridgehead atoms. The van der Waals surface area contributed by atoms with Crippen molar-refractivity contribution < 1.29 is 40.7 Å². The molecule has 11 nitrogen and oxygen atoms in total. The Hall–Kier alpha value is -3.33. The van der Waals surface area contributed by atoms with E-state index < -0.39 is 22.3 Å². The van der Waals surface area contributed by atoms with Crippen molar-refractivity contribution >= 4 is 21.8 Å². The number of ether oxygens (including phenoxy) is 2. The van der Waals surface area contributed by atoms with E-state index in [0.29, 0.717) is 25.2 Å². The maximum absolute atomic E-state index is 13.1. The topological polar surface area (TPSA) is 114 Å². The highest BCUT2D eigenvalue weighted by Gasteiger charge is 2.56. The molecule has 2 atom stereocenters. The molecule has 0 radical (unpaired) electrons. The lowest BCUT2D eigenvalue weighted by molar-refractivity contribution is -0.274. The van der Waals surface area contributed by atoms with E-state index in [0.717, 1.165) is 6.26 Å². The van der Waals surface area contributed by atoms with Crippen LogP contribution in [-0.4, -0.2) is 103 Å². The zero-order valence-electron chi connectivity index (χ0n) is 22.4. The number of imidazole rings is 1. The van der Waals surface area contributed by atoms with Gasteiger partial charge in [0.25, 0.3) is 0 Å². The van der Waals surface area contributed by atoms with Gasteiger partial charge in [-0.2, -0.15) is 0 Å². The molecule has 220 valence electrons. The number of sulfone groups is 1. The number of nitrogens with zero attached hydrogens (tertiary/aromatic N) is 5. The first-order chi connectivity index (χ1) is 18.7. The molecule has 0 N–H and O–H groups in total. The summed E-state index contributed by atoms with van der Waals surface area (Å²) in [6.07, 6.45) is -1.38. The summed E-state index contributed by atoms with van der Waals surface area (Å²) in [5.41, 5.74) is 0.440. The van der Waals surface area contributed by atoms with Gasteiger partial charge in [-0.1, -0.05) is 12.1 Å². The molecule has 1 aliphatic carbocycles. The number of aryl methyl sites for hydroxylation is 1. The van der Waals surface area contributed by atoms with Crippen molar-refractivity contribution in [3.63, 3.8) is 0 Å². The highest BCUT2D eigenvalue weighted by molar-refractivity contribution is 7.90. The summed E-state index contributed by atoms with van der Waals surface area (Å²) in [6.45, 7) is 1.93. The minimum Gasteiger partial charge on any atom is -0.406 e. The summed E-state index contributed by atoms with van der Waals surface area (Å²) in [7, 11) is 0.126. The highest BCUT2D eigenvalue weighted by Crippen LogP contribution is 2.52. The summed E-state index contributed by atoms with van der Waals surface area (Å²) in [6, 6.07) is 5.45. The van der Waals surface area contributed by atoms with Crippen LogP contribution in [0, 0.1) is 17.8 Å². The fraction of sp³-hybridized carbons (Fsp3) is 0.560. The molecule has 2 amide bonds. The number of fused-ring (bicyclic) bond motifs is 1. The second kappa shape index (κ2) is 11.6. The van der Waals surface area contributed by atoms with Crippen molar-refractivity contribution in [2.24, 2.45) is 24.8 Å². The largest absolute Gasteiger partial charge is 0.573 e. The Labute approximate surface area is 230 Å². The molecular formula is C25H32F3N5O6S. The van der Waals surface area contributed by atoms with Crippen LogP contribution < -0.4 is 9.47 Å². The van der Waals surface area contributed by atoms with E-state index in [9.17, 15) is 31.2 Å². The zero-order valence-corrected chi connectivity index (χ0v) is 23.2. The molecule has 2 unspecified atom stereocenters. The first-order valence-corrected chi connectivity index (χ1v) is 14.7. The molecule has 2 fully saturated rings. The molecule has 40 heavy (non-hydrogen) atoms. The molecule has 1 aromatic carbocycles. The van der Waals surface area contributed by atoms with Crippen LogP contribution in [0.25, 0.3) is 0 Å². The number of benzene rings is 1. The van der Waals surface area contributed by atoms with E-state index >= 15 is 0 Å².